The number of rotatable bonds is 8. The molecule has 5 heteroatoms. The van der Waals surface area contributed by atoms with Gasteiger partial charge in [0.2, 0.25) is 0 Å². The normalized spacial score (nSPS) is 10.3. The number of Topliss-reactive ketones (excluding diaryl/α,β-unsaturated/α-hetero) is 1. The van der Waals surface area contributed by atoms with Crippen LogP contribution in [0.3, 0.4) is 0 Å². The van der Waals surface area contributed by atoms with Gasteiger partial charge in [-0.05, 0) is 36.8 Å². The molecule has 0 aliphatic heterocycles. The summed E-state index contributed by atoms with van der Waals surface area (Å²) < 4.78 is 16.3. The molecule has 3 aromatic rings. The highest BCUT2D eigenvalue weighted by atomic mass is 16.6. The Kier molecular flexibility index (Phi) is 6.63. The van der Waals surface area contributed by atoms with Crippen LogP contribution in [0.4, 0.5) is 0 Å². The molecule has 3 rings (SSSR count). The molecule has 0 aromatic heterocycles. The summed E-state index contributed by atoms with van der Waals surface area (Å²) in [5.41, 5.74) is 3.06. The van der Waals surface area contributed by atoms with E-state index in [4.69, 9.17) is 14.2 Å². The summed E-state index contributed by atoms with van der Waals surface area (Å²) in [4.78, 5) is 23.8. The van der Waals surface area contributed by atoms with Gasteiger partial charge >= 0.3 is 5.97 Å². The lowest BCUT2D eigenvalue weighted by Gasteiger charge is -2.13. The third kappa shape index (κ3) is 5.23. The lowest BCUT2D eigenvalue weighted by molar-refractivity contribution is -0.147. The highest BCUT2D eigenvalue weighted by Crippen LogP contribution is 2.29. The van der Waals surface area contributed by atoms with Gasteiger partial charge in [-0.3, -0.25) is 4.79 Å². The zero-order valence-corrected chi connectivity index (χ0v) is 16.4. The molecule has 148 valence electrons. The van der Waals surface area contributed by atoms with Crippen molar-refractivity contribution in [3.05, 3.63) is 83.9 Å². The van der Waals surface area contributed by atoms with Crippen LogP contribution in [0.5, 0.6) is 11.5 Å². The molecule has 5 nitrogen and oxygen atoms in total. The topological polar surface area (TPSA) is 61.8 Å². The van der Waals surface area contributed by atoms with E-state index in [2.05, 4.69) is 0 Å². The second-order valence-corrected chi connectivity index (χ2v) is 6.39. The Hall–Kier alpha value is -3.60. The maximum atomic E-state index is 12.2. The Bertz CT molecular complexity index is 995. The first-order chi connectivity index (χ1) is 14.1. The lowest BCUT2D eigenvalue weighted by atomic mass is 10.1. The third-order valence-corrected chi connectivity index (χ3v) is 4.39. The largest absolute Gasteiger partial charge is 0.496 e. The summed E-state index contributed by atoms with van der Waals surface area (Å²) in [6.07, 6.45) is 0. The second kappa shape index (κ2) is 9.55. The maximum Gasteiger partial charge on any atom is 0.344 e. The fourth-order valence-electron chi connectivity index (χ4n) is 2.90. The zero-order chi connectivity index (χ0) is 20.6. The maximum absolute atomic E-state index is 12.2. The first-order valence-corrected chi connectivity index (χ1v) is 9.19. The number of carbonyl (C=O) groups is 2. The number of ketones is 1. The molecule has 0 fully saturated rings. The molecule has 0 saturated heterocycles. The molecule has 0 radical (unpaired) electrons. The van der Waals surface area contributed by atoms with Gasteiger partial charge in [-0.15, -0.1) is 0 Å². The number of hydrogen-bond donors (Lipinski definition) is 0. The van der Waals surface area contributed by atoms with Gasteiger partial charge in [0, 0.05) is 16.7 Å². The lowest BCUT2D eigenvalue weighted by Crippen LogP contribution is -2.15. The van der Waals surface area contributed by atoms with E-state index in [0.717, 1.165) is 11.1 Å². The first-order valence-electron chi connectivity index (χ1n) is 9.19. The van der Waals surface area contributed by atoms with Crippen molar-refractivity contribution in [2.45, 2.75) is 13.5 Å². The van der Waals surface area contributed by atoms with Crippen LogP contribution < -0.4 is 9.47 Å². The summed E-state index contributed by atoms with van der Waals surface area (Å²) in [5, 5.41) is 0. The van der Waals surface area contributed by atoms with Gasteiger partial charge in [0.05, 0.1) is 7.11 Å². The van der Waals surface area contributed by atoms with Crippen LogP contribution in [0, 0.1) is 0 Å². The minimum atomic E-state index is -0.511. The zero-order valence-electron chi connectivity index (χ0n) is 16.4. The molecular formula is C24H22O5. The van der Waals surface area contributed by atoms with E-state index in [-0.39, 0.29) is 19.0 Å². The van der Waals surface area contributed by atoms with Crippen molar-refractivity contribution in [1.29, 1.82) is 0 Å². The fourth-order valence-corrected chi connectivity index (χ4v) is 2.90. The number of para-hydroxylation sites is 1. The van der Waals surface area contributed by atoms with Crippen molar-refractivity contribution >= 4 is 11.8 Å². The molecule has 0 N–H and O–H groups in total. The molecule has 0 unspecified atom stereocenters. The van der Waals surface area contributed by atoms with E-state index in [1.165, 1.54) is 14.0 Å². The molecule has 0 atom stereocenters. The van der Waals surface area contributed by atoms with E-state index in [1.54, 1.807) is 18.2 Å². The summed E-state index contributed by atoms with van der Waals surface area (Å²) in [7, 11) is 1.53. The standard InChI is InChI=1S/C24H22O5/c1-17(25)19-12-13-22(27-2)20(14-19)15-29-24(26)16-28-23-11-7-6-10-21(23)18-8-4-3-5-9-18/h3-14H,15-16H2,1-2H3. The Morgan fingerprint density at radius 2 is 1.59 bits per heavy atom. The van der Waals surface area contributed by atoms with Crippen LogP contribution in [0.1, 0.15) is 22.8 Å². The smallest absolute Gasteiger partial charge is 0.344 e. The van der Waals surface area contributed by atoms with Gasteiger partial charge in [0.1, 0.15) is 18.1 Å². The first kappa shape index (κ1) is 20.1. The number of carbonyl (C=O) groups excluding carboxylic acids is 2. The van der Waals surface area contributed by atoms with Crippen molar-refractivity contribution in [3.63, 3.8) is 0 Å². The van der Waals surface area contributed by atoms with E-state index in [0.29, 0.717) is 22.6 Å². The van der Waals surface area contributed by atoms with Crippen molar-refractivity contribution < 1.29 is 23.8 Å². The van der Waals surface area contributed by atoms with Crippen LogP contribution in [0.25, 0.3) is 11.1 Å². The van der Waals surface area contributed by atoms with Crippen molar-refractivity contribution in [2.24, 2.45) is 0 Å². The van der Waals surface area contributed by atoms with Crippen LogP contribution in [-0.4, -0.2) is 25.5 Å². The van der Waals surface area contributed by atoms with E-state index < -0.39 is 5.97 Å². The molecule has 3 aromatic carbocycles. The third-order valence-electron chi connectivity index (χ3n) is 4.39. The van der Waals surface area contributed by atoms with Gasteiger partial charge < -0.3 is 14.2 Å². The van der Waals surface area contributed by atoms with Gasteiger partial charge in [0.25, 0.3) is 0 Å². The Balaban J connectivity index is 1.63. The second-order valence-electron chi connectivity index (χ2n) is 6.39. The van der Waals surface area contributed by atoms with E-state index in [1.807, 2.05) is 54.6 Å². The molecule has 0 aliphatic carbocycles. The highest BCUT2D eigenvalue weighted by Gasteiger charge is 2.12. The summed E-state index contributed by atoms with van der Waals surface area (Å²) >= 11 is 0. The van der Waals surface area contributed by atoms with Gasteiger partial charge in [-0.2, -0.15) is 0 Å². The quantitative estimate of drug-likeness (QED) is 0.413. The molecule has 0 spiro atoms. The summed E-state index contributed by atoms with van der Waals surface area (Å²) in [6, 6.07) is 22.4. The molecule has 0 bridgehead atoms. The summed E-state index contributed by atoms with van der Waals surface area (Å²) in [5.74, 6) is 0.578. The van der Waals surface area contributed by atoms with Gasteiger partial charge in [-0.25, -0.2) is 4.79 Å². The SMILES string of the molecule is COc1ccc(C(C)=O)cc1COC(=O)COc1ccccc1-c1ccccc1. The Labute approximate surface area is 169 Å². The number of esters is 1. The average molecular weight is 390 g/mol. The minimum absolute atomic E-state index is 0.00712. The van der Waals surface area contributed by atoms with Crippen LogP contribution in [0.15, 0.2) is 72.8 Å². The average Bonchev–Trinajstić information content (AvgIpc) is 2.76. The van der Waals surface area contributed by atoms with E-state index >= 15 is 0 Å². The van der Waals surface area contributed by atoms with Crippen LogP contribution in [-0.2, 0) is 16.1 Å². The number of hydrogen-bond acceptors (Lipinski definition) is 5. The fraction of sp³-hybridized carbons (Fsp3) is 0.167. The predicted molar refractivity (Wildman–Crippen MR) is 110 cm³/mol. The number of benzene rings is 3. The van der Waals surface area contributed by atoms with Crippen molar-refractivity contribution in [3.8, 4) is 22.6 Å². The minimum Gasteiger partial charge on any atom is -0.496 e. The van der Waals surface area contributed by atoms with E-state index in [9.17, 15) is 9.59 Å². The van der Waals surface area contributed by atoms with Crippen molar-refractivity contribution in [1.82, 2.24) is 0 Å². The van der Waals surface area contributed by atoms with Crippen LogP contribution >= 0.6 is 0 Å². The van der Waals surface area contributed by atoms with Crippen LogP contribution in [0.2, 0.25) is 0 Å². The monoisotopic (exact) mass is 390 g/mol. The van der Waals surface area contributed by atoms with Crippen molar-refractivity contribution in [2.75, 3.05) is 13.7 Å². The highest BCUT2D eigenvalue weighted by molar-refractivity contribution is 5.94. The molecule has 0 amide bonds. The Morgan fingerprint density at radius 1 is 0.862 bits per heavy atom. The molecule has 0 aliphatic rings. The number of ether oxygens (including phenoxy) is 3. The van der Waals surface area contributed by atoms with Gasteiger partial charge in [0.15, 0.2) is 12.4 Å². The predicted octanol–water partition coefficient (Wildman–Crippen LogP) is 4.69. The summed E-state index contributed by atoms with van der Waals surface area (Å²) in [6.45, 7) is 1.25. The number of methoxy groups -OCH3 is 1. The molecule has 0 saturated carbocycles. The molecular weight excluding hydrogens is 368 g/mol. The molecule has 0 heterocycles. The Morgan fingerprint density at radius 3 is 2.31 bits per heavy atom. The molecule has 29 heavy (non-hydrogen) atoms. The van der Waals surface area contributed by atoms with Gasteiger partial charge in [-0.1, -0.05) is 48.5 Å².